The molecule has 2 aliphatic heterocycles. The van der Waals surface area contributed by atoms with E-state index in [9.17, 15) is 18.0 Å². The fraction of sp³-hybridized carbons (Fsp3) is 0.500. The molecule has 2 aromatic rings. The molecule has 0 saturated carbocycles. The molecule has 0 radical (unpaired) electrons. The standard InChI is InChI=1S/C20H24N2O3S.C2HF3O2/c1-13-8-19(26-14(13)2)20(23)22-10-17-15(12-25-18(17)11-22)5-7-24-16-4-3-6-21-9-16;3-2(4,5)1(6)7/h3-4,6,8-9,15,17-18H,5,7,10-12H2,1-2H3;(H,6,7)/t15-,17-,18-;/m0./s1. The highest BCUT2D eigenvalue weighted by Gasteiger charge is 2.45. The minimum Gasteiger partial charge on any atom is -0.492 e. The van der Waals surface area contributed by atoms with E-state index < -0.39 is 12.1 Å². The average molecular weight is 487 g/mol. The molecule has 3 atom stereocenters. The summed E-state index contributed by atoms with van der Waals surface area (Å²) in [6, 6.07) is 5.80. The van der Waals surface area contributed by atoms with Gasteiger partial charge in [0.05, 0.1) is 30.4 Å². The molecule has 4 heterocycles. The number of hydrogen-bond donors (Lipinski definition) is 1. The van der Waals surface area contributed by atoms with Gasteiger partial charge in [0.1, 0.15) is 5.75 Å². The Kier molecular flexibility index (Phi) is 7.96. The zero-order valence-corrected chi connectivity index (χ0v) is 19.0. The zero-order chi connectivity index (χ0) is 24.2. The first-order chi connectivity index (χ1) is 15.6. The van der Waals surface area contributed by atoms with E-state index in [-0.39, 0.29) is 12.0 Å². The Hall–Kier alpha value is -2.66. The predicted octanol–water partition coefficient (Wildman–Crippen LogP) is 3.95. The Morgan fingerprint density at radius 3 is 2.64 bits per heavy atom. The van der Waals surface area contributed by atoms with Crippen LogP contribution in [0.3, 0.4) is 0 Å². The number of thiophene rings is 1. The monoisotopic (exact) mass is 486 g/mol. The number of ether oxygens (including phenoxy) is 2. The van der Waals surface area contributed by atoms with Gasteiger partial charge < -0.3 is 19.5 Å². The molecule has 2 fully saturated rings. The summed E-state index contributed by atoms with van der Waals surface area (Å²) in [4.78, 5) is 29.8. The Balaban J connectivity index is 0.000000383. The number of carbonyl (C=O) groups is 2. The summed E-state index contributed by atoms with van der Waals surface area (Å²) >= 11 is 1.59. The fourth-order valence-corrected chi connectivity index (χ4v) is 4.86. The number of aromatic nitrogens is 1. The first-order valence-electron chi connectivity index (χ1n) is 10.4. The van der Waals surface area contributed by atoms with Crippen molar-refractivity contribution >= 4 is 23.2 Å². The van der Waals surface area contributed by atoms with Crippen molar-refractivity contribution in [2.24, 2.45) is 11.8 Å². The van der Waals surface area contributed by atoms with Crippen molar-refractivity contribution < 1.29 is 37.3 Å². The molecule has 2 saturated heterocycles. The van der Waals surface area contributed by atoms with Gasteiger partial charge in [-0.3, -0.25) is 9.78 Å². The smallest absolute Gasteiger partial charge is 0.490 e. The number of aliphatic carboxylic acids is 1. The molecule has 7 nitrogen and oxygen atoms in total. The Labute approximate surface area is 193 Å². The Bertz CT molecular complexity index is 947. The number of alkyl halides is 3. The molecule has 0 unspecified atom stereocenters. The normalized spacial score (nSPS) is 21.8. The summed E-state index contributed by atoms with van der Waals surface area (Å²) in [7, 11) is 0. The molecule has 0 aromatic carbocycles. The molecule has 0 spiro atoms. The van der Waals surface area contributed by atoms with Gasteiger partial charge in [-0.25, -0.2) is 4.79 Å². The van der Waals surface area contributed by atoms with Gasteiger partial charge in [-0.05, 0) is 49.9 Å². The van der Waals surface area contributed by atoms with Gasteiger partial charge in [-0.2, -0.15) is 13.2 Å². The van der Waals surface area contributed by atoms with Crippen LogP contribution in [-0.4, -0.2) is 65.5 Å². The molecule has 1 N–H and O–H groups in total. The summed E-state index contributed by atoms with van der Waals surface area (Å²) in [6.45, 7) is 7.04. The largest absolute Gasteiger partial charge is 0.492 e. The third-order valence-corrected chi connectivity index (χ3v) is 6.88. The number of hydrogen-bond acceptors (Lipinski definition) is 6. The highest BCUT2D eigenvalue weighted by atomic mass is 32.1. The van der Waals surface area contributed by atoms with Crippen molar-refractivity contribution in [1.82, 2.24) is 9.88 Å². The second kappa shape index (κ2) is 10.5. The van der Waals surface area contributed by atoms with Gasteiger partial charge in [0.2, 0.25) is 0 Å². The number of fused-ring (bicyclic) bond motifs is 1. The third kappa shape index (κ3) is 6.44. The molecular formula is C22H25F3N2O5S. The van der Waals surface area contributed by atoms with Gasteiger partial charge >= 0.3 is 12.1 Å². The lowest BCUT2D eigenvalue weighted by Crippen LogP contribution is -2.30. The van der Waals surface area contributed by atoms with Gasteiger partial charge in [-0.1, -0.05) is 0 Å². The van der Waals surface area contributed by atoms with Gasteiger partial charge in [0.15, 0.2) is 0 Å². The van der Waals surface area contributed by atoms with E-state index in [1.54, 1.807) is 23.7 Å². The minimum absolute atomic E-state index is 0.148. The topological polar surface area (TPSA) is 89.0 Å². The van der Waals surface area contributed by atoms with Crippen molar-refractivity contribution in [3.8, 4) is 5.75 Å². The van der Waals surface area contributed by atoms with E-state index in [4.69, 9.17) is 19.4 Å². The van der Waals surface area contributed by atoms with E-state index in [0.717, 1.165) is 30.2 Å². The Morgan fingerprint density at radius 1 is 1.33 bits per heavy atom. The Morgan fingerprint density at radius 2 is 2.06 bits per heavy atom. The number of amides is 1. The summed E-state index contributed by atoms with van der Waals surface area (Å²) in [5.74, 6) is -0.948. The van der Waals surface area contributed by atoms with Crippen molar-refractivity contribution in [3.05, 3.63) is 45.9 Å². The van der Waals surface area contributed by atoms with Crippen LogP contribution in [0.2, 0.25) is 0 Å². The third-order valence-electron chi connectivity index (χ3n) is 5.74. The van der Waals surface area contributed by atoms with Crippen LogP contribution in [0, 0.1) is 25.7 Å². The predicted molar refractivity (Wildman–Crippen MR) is 114 cm³/mol. The van der Waals surface area contributed by atoms with Crippen LogP contribution >= 0.6 is 11.3 Å². The van der Waals surface area contributed by atoms with Crippen molar-refractivity contribution in [2.45, 2.75) is 32.5 Å². The molecule has 33 heavy (non-hydrogen) atoms. The quantitative estimate of drug-likeness (QED) is 0.689. The van der Waals surface area contributed by atoms with Gasteiger partial charge in [-0.15, -0.1) is 11.3 Å². The van der Waals surface area contributed by atoms with Crippen LogP contribution < -0.4 is 4.74 Å². The SMILES string of the molecule is Cc1cc(C(=O)N2C[C@H]3[C@@H](CCOc4cccnc4)CO[C@H]3C2)sc1C.O=C(O)C(F)(F)F. The van der Waals surface area contributed by atoms with E-state index in [1.807, 2.05) is 23.1 Å². The van der Waals surface area contributed by atoms with E-state index in [2.05, 4.69) is 18.8 Å². The highest BCUT2D eigenvalue weighted by molar-refractivity contribution is 7.14. The van der Waals surface area contributed by atoms with E-state index in [0.29, 0.717) is 25.0 Å². The molecular weight excluding hydrogens is 461 g/mol. The second-order valence-electron chi connectivity index (χ2n) is 7.98. The molecule has 180 valence electrons. The lowest BCUT2D eigenvalue weighted by Gasteiger charge is -2.19. The number of halogens is 3. The second-order valence-corrected chi connectivity index (χ2v) is 9.24. The molecule has 0 aliphatic carbocycles. The molecule has 4 rings (SSSR count). The van der Waals surface area contributed by atoms with Crippen LogP contribution in [0.4, 0.5) is 13.2 Å². The number of likely N-dealkylation sites (tertiary alicyclic amines) is 1. The molecule has 2 aromatic heterocycles. The lowest BCUT2D eigenvalue weighted by molar-refractivity contribution is -0.192. The number of pyridine rings is 1. The molecule has 2 aliphatic rings. The van der Waals surface area contributed by atoms with Crippen LogP contribution in [0.1, 0.15) is 26.5 Å². The van der Waals surface area contributed by atoms with Crippen LogP contribution in [0.15, 0.2) is 30.6 Å². The van der Waals surface area contributed by atoms with Crippen molar-refractivity contribution in [2.75, 3.05) is 26.3 Å². The van der Waals surface area contributed by atoms with E-state index in [1.165, 1.54) is 10.4 Å². The summed E-state index contributed by atoms with van der Waals surface area (Å²) in [5, 5.41) is 7.12. The molecule has 0 bridgehead atoms. The lowest BCUT2D eigenvalue weighted by atomic mass is 9.91. The number of carboxylic acid groups (broad SMARTS) is 1. The number of aryl methyl sites for hydroxylation is 2. The fourth-order valence-electron chi connectivity index (χ4n) is 3.86. The maximum atomic E-state index is 12.8. The van der Waals surface area contributed by atoms with Gasteiger partial charge in [0.25, 0.3) is 5.91 Å². The number of rotatable bonds is 5. The van der Waals surface area contributed by atoms with Crippen LogP contribution in [-0.2, 0) is 9.53 Å². The zero-order valence-electron chi connectivity index (χ0n) is 18.2. The molecule has 11 heteroatoms. The summed E-state index contributed by atoms with van der Waals surface area (Å²) in [6.07, 6.45) is -0.503. The first-order valence-corrected chi connectivity index (χ1v) is 11.2. The highest BCUT2D eigenvalue weighted by Crippen LogP contribution is 2.36. The average Bonchev–Trinajstić information content (AvgIpc) is 3.44. The number of carbonyl (C=O) groups excluding carboxylic acids is 1. The summed E-state index contributed by atoms with van der Waals surface area (Å²) in [5.41, 5.74) is 1.19. The number of nitrogens with zero attached hydrogens (tertiary/aromatic N) is 2. The maximum Gasteiger partial charge on any atom is 0.490 e. The molecule has 1 amide bonds. The van der Waals surface area contributed by atoms with Crippen molar-refractivity contribution in [1.29, 1.82) is 0 Å². The summed E-state index contributed by atoms with van der Waals surface area (Å²) < 4.78 is 43.5. The maximum absolute atomic E-state index is 12.8. The number of carboxylic acids is 1. The van der Waals surface area contributed by atoms with Crippen LogP contribution in [0.5, 0.6) is 5.75 Å². The minimum atomic E-state index is -5.08. The van der Waals surface area contributed by atoms with E-state index >= 15 is 0 Å². The van der Waals surface area contributed by atoms with Crippen molar-refractivity contribution in [3.63, 3.8) is 0 Å². The van der Waals surface area contributed by atoms with Crippen LogP contribution in [0.25, 0.3) is 0 Å². The first kappa shape index (κ1) is 25.0. The van der Waals surface area contributed by atoms with Gasteiger partial charge in [0, 0.05) is 30.1 Å².